The van der Waals surface area contributed by atoms with E-state index in [1.54, 1.807) is 6.26 Å². The lowest BCUT2D eigenvalue weighted by molar-refractivity contribution is 0.299. The Morgan fingerprint density at radius 3 is 2.85 bits per heavy atom. The van der Waals surface area contributed by atoms with Gasteiger partial charge in [-0.1, -0.05) is 12.8 Å². The van der Waals surface area contributed by atoms with Gasteiger partial charge in [0, 0.05) is 32.6 Å². The zero-order chi connectivity index (χ0) is 17.8. The molecule has 2 aromatic heterocycles. The van der Waals surface area contributed by atoms with Crippen LogP contribution in [0.4, 0.5) is 0 Å². The molecule has 1 saturated carbocycles. The fourth-order valence-electron chi connectivity index (χ4n) is 4.20. The summed E-state index contributed by atoms with van der Waals surface area (Å²) in [6.07, 6.45) is 7.93. The van der Waals surface area contributed by atoms with Crippen LogP contribution in [0.5, 0.6) is 0 Å². The largest absolute Gasteiger partial charge is 0.461 e. The van der Waals surface area contributed by atoms with Crippen LogP contribution in [0.15, 0.2) is 27.8 Å². The van der Waals surface area contributed by atoms with Crippen molar-refractivity contribution in [1.82, 2.24) is 25.4 Å². The van der Waals surface area contributed by atoms with Crippen molar-refractivity contribution in [3.05, 3.63) is 24.2 Å². The Morgan fingerprint density at radius 1 is 1.35 bits per heavy atom. The van der Waals surface area contributed by atoms with Crippen LogP contribution in [-0.2, 0) is 6.42 Å². The Kier molecular flexibility index (Phi) is 5.22. The lowest BCUT2D eigenvalue weighted by Gasteiger charge is -2.22. The number of rotatable bonds is 5. The smallest absolute Gasteiger partial charge is 0.216 e. The number of furan rings is 1. The predicted molar refractivity (Wildman–Crippen MR) is 101 cm³/mol. The first-order valence-electron chi connectivity index (χ1n) is 9.82. The molecule has 4 rings (SSSR count). The van der Waals surface area contributed by atoms with Gasteiger partial charge in [0.15, 0.2) is 11.7 Å². The maximum Gasteiger partial charge on any atom is 0.216 e. The number of likely N-dealkylation sites (tertiary alicyclic amines) is 1. The Balaban J connectivity index is 1.36. The van der Waals surface area contributed by atoms with Gasteiger partial charge in [-0.2, -0.15) is 5.10 Å². The van der Waals surface area contributed by atoms with E-state index in [1.165, 1.54) is 25.7 Å². The molecule has 0 amide bonds. The predicted octanol–water partition coefficient (Wildman–Crippen LogP) is 2.69. The average Bonchev–Trinajstić information content (AvgIpc) is 3.39. The summed E-state index contributed by atoms with van der Waals surface area (Å²) < 4.78 is 5.33. The molecule has 0 bridgehead atoms. The molecule has 140 valence electrons. The maximum atomic E-state index is 5.33. The molecule has 7 nitrogen and oxygen atoms in total. The van der Waals surface area contributed by atoms with E-state index >= 15 is 0 Å². The molecule has 2 atom stereocenters. The zero-order valence-electron chi connectivity index (χ0n) is 15.4. The van der Waals surface area contributed by atoms with Gasteiger partial charge in [-0.05, 0) is 43.7 Å². The molecule has 2 unspecified atom stereocenters. The molecule has 7 heteroatoms. The van der Waals surface area contributed by atoms with Gasteiger partial charge in [0.1, 0.15) is 5.82 Å². The summed E-state index contributed by atoms with van der Waals surface area (Å²) >= 11 is 0. The molecule has 1 aliphatic carbocycles. The lowest BCUT2D eigenvalue weighted by atomic mass is 9.82. The molecular formula is C19H28N6O. The SMILES string of the molecule is CCNC(=NCCc1nc(-c2ccco2)n[nH]1)N1CC2CCCCC2C1. The molecule has 0 aromatic carbocycles. The second kappa shape index (κ2) is 7.93. The summed E-state index contributed by atoms with van der Waals surface area (Å²) in [5.74, 6) is 4.89. The number of nitrogens with one attached hydrogen (secondary N) is 2. The number of H-pyrrole nitrogens is 1. The molecule has 1 saturated heterocycles. The van der Waals surface area contributed by atoms with Gasteiger partial charge >= 0.3 is 0 Å². The lowest BCUT2D eigenvalue weighted by Crippen LogP contribution is -2.40. The van der Waals surface area contributed by atoms with Crippen molar-refractivity contribution in [2.24, 2.45) is 16.8 Å². The summed E-state index contributed by atoms with van der Waals surface area (Å²) in [4.78, 5) is 11.8. The third-order valence-corrected chi connectivity index (χ3v) is 5.49. The van der Waals surface area contributed by atoms with Crippen molar-refractivity contribution in [1.29, 1.82) is 0 Å². The fraction of sp³-hybridized carbons (Fsp3) is 0.632. The minimum Gasteiger partial charge on any atom is -0.461 e. The van der Waals surface area contributed by atoms with Crippen LogP contribution in [0, 0.1) is 11.8 Å². The third-order valence-electron chi connectivity index (χ3n) is 5.49. The Morgan fingerprint density at radius 2 is 2.15 bits per heavy atom. The monoisotopic (exact) mass is 356 g/mol. The summed E-state index contributed by atoms with van der Waals surface area (Å²) in [5.41, 5.74) is 0. The summed E-state index contributed by atoms with van der Waals surface area (Å²) in [5, 5.41) is 10.7. The Labute approximate surface area is 154 Å². The molecule has 2 aromatic rings. The molecule has 2 aliphatic rings. The molecule has 26 heavy (non-hydrogen) atoms. The molecule has 3 heterocycles. The van der Waals surface area contributed by atoms with E-state index in [0.717, 1.165) is 49.7 Å². The molecule has 2 fully saturated rings. The van der Waals surface area contributed by atoms with Crippen LogP contribution in [0.2, 0.25) is 0 Å². The van der Waals surface area contributed by atoms with E-state index in [1.807, 2.05) is 12.1 Å². The number of hydrogen-bond acceptors (Lipinski definition) is 4. The average molecular weight is 356 g/mol. The first-order valence-corrected chi connectivity index (χ1v) is 9.82. The highest BCUT2D eigenvalue weighted by Crippen LogP contribution is 2.35. The van der Waals surface area contributed by atoms with Crippen molar-refractivity contribution in [3.8, 4) is 11.6 Å². The molecule has 2 N–H and O–H groups in total. The Bertz CT molecular complexity index is 708. The van der Waals surface area contributed by atoms with Crippen LogP contribution in [-0.4, -0.2) is 52.2 Å². The number of aromatic nitrogens is 3. The zero-order valence-corrected chi connectivity index (χ0v) is 15.4. The molecular weight excluding hydrogens is 328 g/mol. The van der Waals surface area contributed by atoms with Crippen LogP contribution < -0.4 is 5.32 Å². The first-order chi connectivity index (χ1) is 12.8. The number of fused-ring (bicyclic) bond motifs is 1. The van der Waals surface area contributed by atoms with Crippen molar-refractivity contribution in [2.75, 3.05) is 26.2 Å². The van der Waals surface area contributed by atoms with E-state index in [0.29, 0.717) is 18.1 Å². The van der Waals surface area contributed by atoms with Crippen molar-refractivity contribution in [3.63, 3.8) is 0 Å². The third kappa shape index (κ3) is 3.76. The van der Waals surface area contributed by atoms with Gasteiger partial charge in [0.25, 0.3) is 0 Å². The topological polar surface area (TPSA) is 82.3 Å². The van der Waals surface area contributed by atoms with E-state index in [4.69, 9.17) is 9.41 Å². The van der Waals surface area contributed by atoms with Gasteiger partial charge in [-0.15, -0.1) is 0 Å². The van der Waals surface area contributed by atoms with Crippen molar-refractivity contribution < 1.29 is 4.42 Å². The van der Waals surface area contributed by atoms with Crippen LogP contribution in [0.1, 0.15) is 38.4 Å². The number of nitrogens with zero attached hydrogens (tertiary/aromatic N) is 4. The van der Waals surface area contributed by atoms with Gasteiger partial charge in [-0.3, -0.25) is 10.1 Å². The van der Waals surface area contributed by atoms with Gasteiger partial charge in [-0.25, -0.2) is 4.98 Å². The van der Waals surface area contributed by atoms with Gasteiger partial charge in [0.2, 0.25) is 5.82 Å². The molecule has 0 radical (unpaired) electrons. The number of aliphatic imine (C=N–C) groups is 1. The minimum atomic E-state index is 0.601. The van der Waals surface area contributed by atoms with E-state index in [-0.39, 0.29) is 0 Å². The highest BCUT2D eigenvalue weighted by molar-refractivity contribution is 5.80. The maximum absolute atomic E-state index is 5.33. The summed E-state index contributed by atoms with van der Waals surface area (Å²) in [7, 11) is 0. The molecule has 1 aliphatic heterocycles. The van der Waals surface area contributed by atoms with Crippen molar-refractivity contribution in [2.45, 2.75) is 39.0 Å². The minimum absolute atomic E-state index is 0.601. The normalized spacial score (nSPS) is 23.3. The highest BCUT2D eigenvalue weighted by atomic mass is 16.3. The quantitative estimate of drug-likeness (QED) is 0.636. The van der Waals surface area contributed by atoms with Crippen molar-refractivity contribution >= 4 is 5.96 Å². The number of aromatic amines is 1. The molecule has 0 spiro atoms. The van der Waals surface area contributed by atoms with Crippen LogP contribution in [0.3, 0.4) is 0 Å². The second-order valence-corrected chi connectivity index (χ2v) is 7.28. The van der Waals surface area contributed by atoms with E-state index < -0.39 is 0 Å². The number of hydrogen-bond donors (Lipinski definition) is 2. The number of guanidine groups is 1. The first kappa shape index (κ1) is 17.1. The van der Waals surface area contributed by atoms with E-state index in [9.17, 15) is 0 Å². The van der Waals surface area contributed by atoms with Crippen LogP contribution in [0.25, 0.3) is 11.6 Å². The standard InChI is InChI=1S/C19H28N6O/c1-2-20-19(25-12-14-6-3-4-7-15(14)13-25)21-10-9-17-22-18(24-23-17)16-8-5-11-26-16/h5,8,11,14-15H,2-4,6-7,9-10,12-13H2,1H3,(H,20,21)(H,22,23,24). The summed E-state index contributed by atoms with van der Waals surface area (Å²) in [6.45, 7) is 6.03. The van der Waals surface area contributed by atoms with Gasteiger partial charge in [0.05, 0.1) is 6.26 Å². The summed E-state index contributed by atoms with van der Waals surface area (Å²) in [6, 6.07) is 3.70. The van der Waals surface area contributed by atoms with Crippen LogP contribution >= 0.6 is 0 Å². The highest BCUT2D eigenvalue weighted by Gasteiger charge is 2.35. The second-order valence-electron chi connectivity index (χ2n) is 7.28. The Hall–Kier alpha value is -2.31. The van der Waals surface area contributed by atoms with Gasteiger partial charge < -0.3 is 14.6 Å². The fourth-order valence-corrected chi connectivity index (χ4v) is 4.20. The van der Waals surface area contributed by atoms with E-state index in [2.05, 4.69) is 32.3 Å².